The van der Waals surface area contributed by atoms with E-state index >= 15 is 0 Å². The summed E-state index contributed by atoms with van der Waals surface area (Å²) in [6.07, 6.45) is 0. The zero-order valence-electron chi connectivity index (χ0n) is 15.4. The molecule has 0 N–H and O–H groups in total. The lowest BCUT2D eigenvalue weighted by molar-refractivity contribution is 0.402. The van der Waals surface area contributed by atoms with Gasteiger partial charge in [0.05, 0.1) is 15.8 Å². The second-order valence-corrected chi connectivity index (χ2v) is 11.4. The van der Waals surface area contributed by atoms with Crippen molar-refractivity contribution in [3.63, 3.8) is 0 Å². The van der Waals surface area contributed by atoms with Crippen molar-refractivity contribution in [1.29, 1.82) is 0 Å². The molecule has 0 spiro atoms. The van der Waals surface area contributed by atoms with Crippen molar-refractivity contribution >= 4 is 64.5 Å². The molecule has 0 aliphatic heterocycles. The van der Waals surface area contributed by atoms with Crippen molar-refractivity contribution in [3.8, 4) is 0 Å². The van der Waals surface area contributed by atoms with Crippen molar-refractivity contribution in [2.24, 2.45) is 0 Å². The minimum absolute atomic E-state index is 0.206. The smallest absolute Gasteiger partial charge is 0.268 e. The Hall–Kier alpha value is -0.800. The minimum atomic E-state index is -3.71. The summed E-state index contributed by atoms with van der Waals surface area (Å²) in [5.74, 6) is 0. The topological polar surface area (TPSA) is 42.3 Å². The minimum Gasteiger partial charge on any atom is -0.298 e. The van der Waals surface area contributed by atoms with Gasteiger partial charge in [-0.1, -0.05) is 31.9 Å². The summed E-state index contributed by atoms with van der Waals surface area (Å²) in [5, 5.41) is 1.14. The average molecular weight is 532 g/mol. The van der Waals surface area contributed by atoms with Gasteiger partial charge in [0, 0.05) is 24.9 Å². The van der Waals surface area contributed by atoms with Crippen LogP contribution in [0.25, 0.3) is 10.9 Å². The zero-order chi connectivity index (χ0) is 19.9. The molecule has 0 saturated carbocycles. The molecule has 2 aromatic carbocycles. The van der Waals surface area contributed by atoms with Crippen LogP contribution < -0.4 is 0 Å². The van der Waals surface area contributed by atoms with Crippen molar-refractivity contribution in [2.75, 3.05) is 14.1 Å². The fourth-order valence-corrected chi connectivity index (χ4v) is 6.13. The molecule has 4 nitrogen and oxygen atoms in total. The summed E-state index contributed by atoms with van der Waals surface area (Å²) in [5.41, 5.74) is 1.41. The van der Waals surface area contributed by atoms with E-state index in [0.29, 0.717) is 5.52 Å². The molecule has 1 atom stereocenters. The summed E-state index contributed by atoms with van der Waals surface area (Å²) in [4.78, 5) is 3.35. The van der Waals surface area contributed by atoms with Gasteiger partial charge in [-0.2, -0.15) is 0 Å². The van der Waals surface area contributed by atoms with E-state index in [1.54, 1.807) is 36.0 Å². The Kier molecular flexibility index (Phi) is 6.13. The third kappa shape index (κ3) is 4.00. The van der Waals surface area contributed by atoms with Crippen molar-refractivity contribution in [3.05, 3.63) is 57.1 Å². The maximum atomic E-state index is 13.4. The molecule has 3 aromatic rings. The zero-order valence-corrected chi connectivity index (χ0v) is 20.2. The first-order valence-electron chi connectivity index (χ1n) is 8.27. The Bertz CT molecular complexity index is 1090. The number of hydrogen-bond acceptors (Lipinski definition) is 4. The second-order valence-electron chi connectivity index (χ2n) is 6.48. The Labute approximate surface area is 181 Å². The molecule has 0 fully saturated rings. The number of aromatic nitrogens is 1. The van der Waals surface area contributed by atoms with Crippen LogP contribution in [0, 0.1) is 6.92 Å². The van der Waals surface area contributed by atoms with E-state index < -0.39 is 10.0 Å². The summed E-state index contributed by atoms with van der Waals surface area (Å²) in [6, 6.07) is 12.5. The molecular weight excluding hydrogens is 512 g/mol. The van der Waals surface area contributed by atoms with Gasteiger partial charge in [-0.25, -0.2) is 12.4 Å². The second kappa shape index (κ2) is 7.91. The molecule has 8 heteroatoms. The third-order valence-electron chi connectivity index (χ3n) is 4.42. The van der Waals surface area contributed by atoms with Crippen LogP contribution in [0.3, 0.4) is 0 Å². The summed E-state index contributed by atoms with van der Waals surface area (Å²) in [7, 11) is 0.322. The molecule has 0 radical (unpaired) electrons. The molecule has 0 amide bonds. The van der Waals surface area contributed by atoms with Crippen LogP contribution >= 0.6 is 43.6 Å². The predicted molar refractivity (Wildman–Crippen MR) is 120 cm³/mol. The lowest BCUT2D eigenvalue weighted by Crippen LogP contribution is -2.21. The van der Waals surface area contributed by atoms with Crippen molar-refractivity contribution < 1.29 is 8.42 Å². The van der Waals surface area contributed by atoms with Crippen LogP contribution in [0.5, 0.6) is 0 Å². The van der Waals surface area contributed by atoms with Gasteiger partial charge in [0.2, 0.25) is 0 Å². The highest BCUT2D eigenvalue weighted by molar-refractivity contribution is 9.10. The quantitative estimate of drug-likeness (QED) is 0.312. The lowest BCUT2D eigenvalue weighted by atomic mass is 10.2. The summed E-state index contributed by atoms with van der Waals surface area (Å²) in [6.45, 7) is 3.98. The molecule has 0 saturated heterocycles. The average Bonchev–Trinajstić information content (AvgIpc) is 2.87. The van der Waals surface area contributed by atoms with Crippen LogP contribution in [0.15, 0.2) is 61.2 Å². The molecule has 3 rings (SSSR count). The largest absolute Gasteiger partial charge is 0.298 e. The first kappa shape index (κ1) is 20.9. The number of thioether (sulfide) groups is 1. The predicted octanol–water partition coefficient (Wildman–Crippen LogP) is 5.71. The van der Waals surface area contributed by atoms with E-state index in [1.165, 1.54) is 3.97 Å². The molecule has 0 bridgehead atoms. The van der Waals surface area contributed by atoms with Gasteiger partial charge in [-0.15, -0.1) is 11.8 Å². The molecule has 1 aromatic heterocycles. The maximum Gasteiger partial charge on any atom is 0.268 e. The first-order valence-corrected chi connectivity index (χ1v) is 12.2. The van der Waals surface area contributed by atoms with Gasteiger partial charge in [-0.3, -0.25) is 4.90 Å². The van der Waals surface area contributed by atoms with E-state index in [0.717, 1.165) is 24.9 Å². The molecule has 27 heavy (non-hydrogen) atoms. The SMILES string of the molecule is Cc1c(SC(C)N(C)C)c2cc(Br)ccc2n1S(=O)(=O)c1ccc(Br)cc1. The molecule has 0 aliphatic rings. The van der Waals surface area contributed by atoms with E-state index in [1.807, 2.05) is 39.2 Å². The monoisotopic (exact) mass is 530 g/mol. The number of nitrogens with zero attached hydrogens (tertiary/aromatic N) is 2. The van der Waals surface area contributed by atoms with Gasteiger partial charge in [0.15, 0.2) is 0 Å². The highest BCUT2D eigenvalue weighted by Gasteiger charge is 2.26. The normalized spacial score (nSPS) is 13.4. The van der Waals surface area contributed by atoms with Gasteiger partial charge < -0.3 is 0 Å². The van der Waals surface area contributed by atoms with Crippen molar-refractivity contribution in [2.45, 2.75) is 29.0 Å². The highest BCUT2D eigenvalue weighted by Crippen LogP contribution is 2.39. The van der Waals surface area contributed by atoms with Crippen LogP contribution in [-0.2, 0) is 10.0 Å². The van der Waals surface area contributed by atoms with E-state index in [4.69, 9.17) is 0 Å². The van der Waals surface area contributed by atoms with Gasteiger partial charge in [-0.05, 0) is 70.4 Å². The Balaban J connectivity index is 2.27. The van der Waals surface area contributed by atoms with Crippen LogP contribution in [0.1, 0.15) is 12.6 Å². The standard InChI is InChI=1S/C19H20Br2N2O2S2/c1-12-19(26-13(2)22(3)4)17-11-15(21)7-10-18(17)23(12)27(24,25)16-8-5-14(20)6-9-16/h5-11,13H,1-4H3. The van der Waals surface area contributed by atoms with E-state index in [2.05, 4.69) is 43.7 Å². The third-order valence-corrected chi connectivity index (χ3v) is 8.78. The Morgan fingerprint density at radius 2 is 1.63 bits per heavy atom. The van der Waals surface area contributed by atoms with Gasteiger partial charge in [0.1, 0.15) is 0 Å². The first-order chi connectivity index (χ1) is 12.6. The van der Waals surface area contributed by atoms with E-state index in [9.17, 15) is 8.42 Å². The Morgan fingerprint density at radius 1 is 1.04 bits per heavy atom. The van der Waals surface area contributed by atoms with Crippen LogP contribution in [0.2, 0.25) is 0 Å². The molecular formula is C19H20Br2N2O2S2. The number of halogens is 2. The number of fused-ring (bicyclic) bond motifs is 1. The van der Waals surface area contributed by atoms with Gasteiger partial charge >= 0.3 is 0 Å². The molecule has 1 heterocycles. The molecule has 1 unspecified atom stereocenters. The van der Waals surface area contributed by atoms with Crippen LogP contribution in [0.4, 0.5) is 0 Å². The number of hydrogen-bond donors (Lipinski definition) is 0. The fraction of sp³-hybridized carbons (Fsp3) is 0.263. The number of rotatable bonds is 5. The van der Waals surface area contributed by atoms with Crippen LogP contribution in [-0.4, -0.2) is 36.8 Å². The Morgan fingerprint density at radius 3 is 2.22 bits per heavy atom. The maximum absolute atomic E-state index is 13.4. The fourth-order valence-electron chi connectivity index (χ4n) is 2.78. The van der Waals surface area contributed by atoms with E-state index in [-0.39, 0.29) is 10.3 Å². The number of benzene rings is 2. The van der Waals surface area contributed by atoms with Gasteiger partial charge in [0.25, 0.3) is 10.0 Å². The van der Waals surface area contributed by atoms with Crippen molar-refractivity contribution in [1.82, 2.24) is 8.87 Å². The molecule has 0 aliphatic carbocycles. The summed E-state index contributed by atoms with van der Waals surface area (Å²) >= 11 is 8.54. The summed E-state index contributed by atoms with van der Waals surface area (Å²) < 4.78 is 30.1. The highest BCUT2D eigenvalue weighted by atomic mass is 79.9. The molecule has 144 valence electrons. The lowest BCUT2D eigenvalue weighted by Gasteiger charge is -2.19.